The first-order valence-electron chi connectivity index (χ1n) is 7.44. The van der Waals surface area contributed by atoms with Crippen molar-refractivity contribution in [2.45, 2.75) is 39.3 Å². The van der Waals surface area contributed by atoms with Crippen LogP contribution in [-0.4, -0.2) is 33.4 Å². The van der Waals surface area contributed by atoms with E-state index < -0.39 is 5.60 Å². The Morgan fingerprint density at radius 2 is 1.91 bits per heavy atom. The van der Waals surface area contributed by atoms with E-state index in [9.17, 15) is 9.18 Å². The Hall–Kier alpha value is -2.37. The van der Waals surface area contributed by atoms with Gasteiger partial charge in [-0.25, -0.2) is 13.9 Å². The van der Waals surface area contributed by atoms with Crippen LogP contribution in [0.25, 0.3) is 5.69 Å². The molecule has 0 saturated heterocycles. The summed E-state index contributed by atoms with van der Waals surface area (Å²) in [5, 5.41) is 3.92. The van der Waals surface area contributed by atoms with Gasteiger partial charge in [0, 0.05) is 7.05 Å². The smallest absolute Gasteiger partial charge is 0.410 e. The summed E-state index contributed by atoms with van der Waals surface area (Å²) in [6.45, 7) is 7.43. The first-order valence-corrected chi connectivity index (χ1v) is 7.44. The Morgan fingerprint density at radius 3 is 2.39 bits per heavy atom. The van der Waals surface area contributed by atoms with E-state index in [0.29, 0.717) is 0 Å². The zero-order valence-corrected chi connectivity index (χ0v) is 14.1. The maximum absolute atomic E-state index is 13.0. The number of hydrogen-bond donors (Lipinski definition) is 0. The quantitative estimate of drug-likeness (QED) is 0.861. The molecule has 0 radical (unpaired) electrons. The van der Waals surface area contributed by atoms with Gasteiger partial charge in [-0.1, -0.05) is 12.1 Å². The second-order valence-corrected chi connectivity index (χ2v) is 6.46. The molecule has 1 aromatic heterocycles. The maximum Gasteiger partial charge on any atom is 0.410 e. The minimum atomic E-state index is -0.529. The lowest BCUT2D eigenvalue weighted by atomic mass is 10.1. The molecule has 1 atom stereocenters. The predicted molar refractivity (Wildman–Crippen MR) is 85.9 cm³/mol. The highest BCUT2D eigenvalue weighted by Gasteiger charge is 2.23. The van der Waals surface area contributed by atoms with Crippen LogP contribution in [0.4, 0.5) is 9.18 Å². The molecule has 1 heterocycles. The van der Waals surface area contributed by atoms with Gasteiger partial charge in [-0.05, 0) is 45.4 Å². The van der Waals surface area contributed by atoms with Crippen molar-refractivity contribution in [3.8, 4) is 5.69 Å². The van der Waals surface area contributed by atoms with E-state index >= 15 is 0 Å². The van der Waals surface area contributed by atoms with Gasteiger partial charge in [-0.15, -0.1) is 0 Å². The average molecular weight is 319 g/mol. The van der Waals surface area contributed by atoms with Crippen LogP contribution in [0.2, 0.25) is 0 Å². The third kappa shape index (κ3) is 4.31. The van der Waals surface area contributed by atoms with E-state index in [1.54, 1.807) is 11.9 Å². The largest absolute Gasteiger partial charge is 0.444 e. The first-order chi connectivity index (χ1) is 10.7. The van der Waals surface area contributed by atoms with Gasteiger partial charge in [-0.2, -0.15) is 5.10 Å². The summed E-state index contributed by atoms with van der Waals surface area (Å²) >= 11 is 0. The zero-order chi connectivity index (χ0) is 17.2. The van der Waals surface area contributed by atoms with Crippen molar-refractivity contribution in [1.82, 2.24) is 14.7 Å². The van der Waals surface area contributed by atoms with Crippen LogP contribution in [-0.2, 0) is 4.74 Å². The van der Waals surface area contributed by atoms with Crippen LogP contribution in [0.15, 0.2) is 36.7 Å². The lowest BCUT2D eigenvalue weighted by molar-refractivity contribution is 0.0234. The highest BCUT2D eigenvalue weighted by Crippen LogP contribution is 2.22. The molecule has 6 heteroatoms. The molecule has 0 unspecified atom stereocenters. The second-order valence-electron chi connectivity index (χ2n) is 6.46. The molecule has 1 amide bonds. The van der Waals surface area contributed by atoms with Crippen molar-refractivity contribution in [3.05, 3.63) is 48.0 Å². The number of halogens is 1. The summed E-state index contributed by atoms with van der Waals surface area (Å²) in [7, 11) is 1.70. The van der Waals surface area contributed by atoms with Crippen LogP contribution in [0, 0.1) is 5.82 Å². The number of carbonyl (C=O) groups is 1. The van der Waals surface area contributed by atoms with Crippen LogP contribution >= 0.6 is 0 Å². The summed E-state index contributed by atoms with van der Waals surface area (Å²) < 4.78 is 19.8. The molecule has 23 heavy (non-hydrogen) atoms. The number of aromatic nitrogens is 2. The number of rotatable bonds is 3. The van der Waals surface area contributed by atoms with Gasteiger partial charge in [0.05, 0.1) is 24.1 Å². The Kier molecular flexibility index (Phi) is 4.73. The number of hydrogen-bond acceptors (Lipinski definition) is 3. The first kappa shape index (κ1) is 17.0. The molecule has 0 spiro atoms. The molecule has 1 aromatic carbocycles. The zero-order valence-electron chi connectivity index (χ0n) is 14.1. The molecular weight excluding hydrogens is 297 g/mol. The van der Waals surface area contributed by atoms with Crippen LogP contribution in [0.5, 0.6) is 0 Å². The minimum absolute atomic E-state index is 0.145. The molecule has 124 valence electrons. The SMILES string of the molecule is C[C@@H](c1ccc(-n2cc(F)cn2)cc1)N(C)C(=O)OC(C)(C)C. The molecular formula is C17H22FN3O2. The second kappa shape index (κ2) is 6.40. The van der Waals surface area contributed by atoms with E-state index in [-0.39, 0.29) is 18.0 Å². The lowest BCUT2D eigenvalue weighted by Crippen LogP contribution is -2.35. The van der Waals surface area contributed by atoms with Crippen molar-refractivity contribution < 1.29 is 13.9 Å². The molecule has 0 aliphatic heterocycles. The predicted octanol–water partition coefficient (Wildman–Crippen LogP) is 3.94. The molecule has 0 aliphatic carbocycles. The third-order valence-electron chi connectivity index (χ3n) is 3.45. The molecule has 2 aromatic rings. The van der Waals surface area contributed by atoms with Gasteiger partial charge < -0.3 is 9.64 Å². The van der Waals surface area contributed by atoms with Gasteiger partial charge in [0.25, 0.3) is 0 Å². The molecule has 0 N–H and O–H groups in total. The normalized spacial score (nSPS) is 12.8. The summed E-state index contributed by atoms with van der Waals surface area (Å²) in [5.74, 6) is -0.382. The van der Waals surface area contributed by atoms with Crippen LogP contribution in [0.3, 0.4) is 0 Å². The van der Waals surface area contributed by atoms with E-state index in [1.165, 1.54) is 10.9 Å². The van der Waals surface area contributed by atoms with Gasteiger partial charge in [-0.3, -0.25) is 0 Å². The van der Waals surface area contributed by atoms with Crippen molar-refractivity contribution in [2.24, 2.45) is 0 Å². The molecule has 0 bridgehead atoms. The Bertz CT molecular complexity index is 674. The third-order valence-corrected chi connectivity index (χ3v) is 3.45. The van der Waals surface area contributed by atoms with Crippen LogP contribution < -0.4 is 0 Å². The number of ether oxygens (including phenoxy) is 1. The number of carbonyl (C=O) groups excluding carboxylic acids is 1. The number of amides is 1. The highest BCUT2D eigenvalue weighted by atomic mass is 19.1. The fraction of sp³-hybridized carbons (Fsp3) is 0.412. The number of benzene rings is 1. The van der Waals surface area contributed by atoms with E-state index in [4.69, 9.17) is 4.74 Å². The van der Waals surface area contributed by atoms with E-state index in [1.807, 2.05) is 52.0 Å². The van der Waals surface area contributed by atoms with Gasteiger partial charge in [0.1, 0.15) is 5.60 Å². The fourth-order valence-corrected chi connectivity index (χ4v) is 2.06. The summed E-state index contributed by atoms with van der Waals surface area (Å²) in [6, 6.07) is 7.30. The summed E-state index contributed by atoms with van der Waals surface area (Å²) in [6.07, 6.45) is 2.10. The highest BCUT2D eigenvalue weighted by molar-refractivity contribution is 5.68. The van der Waals surface area contributed by atoms with Crippen molar-refractivity contribution in [3.63, 3.8) is 0 Å². The van der Waals surface area contributed by atoms with Crippen LogP contribution in [0.1, 0.15) is 39.3 Å². The number of nitrogens with zero attached hydrogens (tertiary/aromatic N) is 3. The molecule has 5 nitrogen and oxygen atoms in total. The average Bonchev–Trinajstić information content (AvgIpc) is 2.90. The van der Waals surface area contributed by atoms with Crippen molar-refractivity contribution in [2.75, 3.05) is 7.05 Å². The molecule has 0 fully saturated rings. The standard InChI is InChI=1S/C17H22FN3O2/c1-12(20(5)16(22)23-17(2,3)4)13-6-8-15(9-7-13)21-11-14(18)10-19-21/h6-12H,1-5H3/t12-/m0/s1. The van der Waals surface area contributed by atoms with Crippen molar-refractivity contribution >= 4 is 6.09 Å². The molecule has 2 rings (SSSR count). The van der Waals surface area contributed by atoms with E-state index in [0.717, 1.165) is 17.4 Å². The monoisotopic (exact) mass is 319 g/mol. The Balaban J connectivity index is 2.10. The van der Waals surface area contributed by atoms with Gasteiger partial charge in [0.15, 0.2) is 5.82 Å². The molecule has 0 aliphatic rings. The van der Waals surface area contributed by atoms with Gasteiger partial charge >= 0.3 is 6.09 Å². The lowest BCUT2D eigenvalue weighted by Gasteiger charge is -2.29. The Morgan fingerprint density at radius 1 is 1.30 bits per heavy atom. The van der Waals surface area contributed by atoms with Crippen molar-refractivity contribution in [1.29, 1.82) is 0 Å². The maximum atomic E-state index is 13.0. The fourth-order valence-electron chi connectivity index (χ4n) is 2.06. The van der Waals surface area contributed by atoms with E-state index in [2.05, 4.69) is 5.10 Å². The van der Waals surface area contributed by atoms with Gasteiger partial charge in [0.2, 0.25) is 0 Å². The summed E-state index contributed by atoms with van der Waals surface area (Å²) in [5.41, 5.74) is 1.18. The topological polar surface area (TPSA) is 47.4 Å². The minimum Gasteiger partial charge on any atom is -0.444 e. The summed E-state index contributed by atoms with van der Waals surface area (Å²) in [4.78, 5) is 13.7. The Labute approximate surface area is 135 Å². The molecule has 0 saturated carbocycles.